The maximum absolute atomic E-state index is 12.4. The third kappa shape index (κ3) is 7.31. The molecule has 0 radical (unpaired) electrons. The van der Waals surface area contributed by atoms with Gasteiger partial charge in [-0.05, 0) is 55.4 Å². The molecule has 0 aromatic heterocycles. The zero-order valence-corrected chi connectivity index (χ0v) is 19.3. The lowest BCUT2D eigenvalue weighted by molar-refractivity contribution is 0.0799. The normalized spacial score (nSPS) is 19.6. The number of aliphatic hydroxyl groups is 1. The van der Waals surface area contributed by atoms with Crippen molar-refractivity contribution < 1.29 is 17.7 Å². The summed E-state index contributed by atoms with van der Waals surface area (Å²) in [4.78, 5) is 0. The SMILES string of the molecule is C=C(c1cccc(C)c1)C(O)(COS(=O)(=O)/C=C/C=C\C=C/C)C1=CCC(C)C=CC1. The summed E-state index contributed by atoms with van der Waals surface area (Å²) in [6.07, 6.45) is 15.6. The zero-order valence-electron chi connectivity index (χ0n) is 18.5. The van der Waals surface area contributed by atoms with Gasteiger partial charge in [0.25, 0.3) is 10.1 Å². The lowest BCUT2D eigenvalue weighted by atomic mass is 9.81. The molecule has 0 saturated heterocycles. The van der Waals surface area contributed by atoms with E-state index in [4.69, 9.17) is 4.18 Å². The molecule has 0 saturated carbocycles. The van der Waals surface area contributed by atoms with Crippen LogP contribution in [0.2, 0.25) is 0 Å². The summed E-state index contributed by atoms with van der Waals surface area (Å²) >= 11 is 0. The summed E-state index contributed by atoms with van der Waals surface area (Å²) in [5.41, 5.74) is 1.22. The van der Waals surface area contributed by atoms with Gasteiger partial charge in [0.1, 0.15) is 12.2 Å². The minimum Gasteiger partial charge on any atom is -0.378 e. The van der Waals surface area contributed by atoms with Crippen molar-refractivity contribution in [2.45, 2.75) is 39.2 Å². The summed E-state index contributed by atoms with van der Waals surface area (Å²) in [5, 5.41) is 12.7. The standard InChI is InChI=1S/C26H32O4S/c1-5-6-7-8-9-18-31(28,29)30-20-26(27,25-15-11-12-21(2)16-17-25)23(4)24-14-10-13-22(3)19-24/h5-14,17-19,21,27H,4,15-16,20H2,1-3H3/b6-5-,8-7-,18-9+. The topological polar surface area (TPSA) is 63.6 Å². The summed E-state index contributed by atoms with van der Waals surface area (Å²) in [6, 6.07) is 7.62. The highest BCUT2D eigenvalue weighted by molar-refractivity contribution is 7.89. The van der Waals surface area contributed by atoms with Crippen molar-refractivity contribution in [3.8, 4) is 0 Å². The molecule has 5 heteroatoms. The average molecular weight is 441 g/mol. The average Bonchev–Trinajstić information content (AvgIpc) is 2.96. The number of hydrogen-bond acceptors (Lipinski definition) is 4. The first-order valence-electron chi connectivity index (χ1n) is 10.4. The van der Waals surface area contributed by atoms with Gasteiger partial charge < -0.3 is 5.11 Å². The summed E-state index contributed by atoms with van der Waals surface area (Å²) in [5.74, 6) is 0.338. The van der Waals surface area contributed by atoms with Gasteiger partial charge in [0.05, 0.1) is 5.41 Å². The Balaban J connectivity index is 2.34. The smallest absolute Gasteiger partial charge is 0.290 e. The fourth-order valence-corrected chi connectivity index (χ4v) is 3.98. The van der Waals surface area contributed by atoms with Crippen LogP contribution in [-0.2, 0) is 14.3 Å². The van der Waals surface area contributed by atoms with Gasteiger partial charge in [-0.1, -0.05) is 85.9 Å². The van der Waals surface area contributed by atoms with Crippen molar-refractivity contribution in [2.24, 2.45) is 5.92 Å². The first-order chi connectivity index (χ1) is 14.7. The fourth-order valence-electron chi connectivity index (χ4n) is 3.29. The van der Waals surface area contributed by atoms with E-state index in [0.717, 1.165) is 23.0 Å². The van der Waals surface area contributed by atoms with Gasteiger partial charge in [0, 0.05) is 0 Å². The highest BCUT2D eigenvalue weighted by Crippen LogP contribution is 2.37. The van der Waals surface area contributed by atoms with Gasteiger partial charge in [0.2, 0.25) is 0 Å². The molecule has 0 fully saturated rings. The highest BCUT2D eigenvalue weighted by atomic mass is 32.2. The van der Waals surface area contributed by atoms with Gasteiger partial charge >= 0.3 is 0 Å². The van der Waals surface area contributed by atoms with E-state index in [2.05, 4.69) is 19.6 Å². The van der Waals surface area contributed by atoms with Crippen molar-refractivity contribution >= 4 is 15.7 Å². The highest BCUT2D eigenvalue weighted by Gasteiger charge is 2.37. The largest absolute Gasteiger partial charge is 0.378 e. The van der Waals surface area contributed by atoms with Crippen LogP contribution >= 0.6 is 0 Å². The van der Waals surface area contributed by atoms with Crippen molar-refractivity contribution in [3.63, 3.8) is 0 Å². The Labute approximate surface area is 186 Å². The van der Waals surface area contributed by atoms with E-state index in [1.165, 1.54) is 6.08 Å². The van der Waals surface area contributed by atoms with E-state index in [1.807, 2.05) is 56.3 Å². The van der Waals surface area contributed by atoms with Gasteiger partial charge in [-0.25, -0.2) is 0 Å². The van der Waals surface area contributed by atoms with Crippen LogP contribution in [0.5, 0.6) is 0 Å². The summed E-state index contributed by atoms with van der Waals surface area (Å²) < 4.78 is 30.0. The van der Waals surface area contributed by atoms with Crippen molar-refractivity contribution in [2.75, 3.05) is 6.61 Å². The molecule has 0 heterocycles. The van der Waals surface area contributed by atoms with E-state index in [9.17, 15) is 13.5 Å². The molecule has 0 spiro atoms. The second-order valence-electron chi connectivity index (χ2n) is 7.78. The molecule has 2 atom stereocenters. The predicted octanol–water partition coefficient (Wildman–Crippen LogP) is 5.64. The van der Waals surface area contributed by atoms with Gasteiger partial charge in [0.15, 0.2) is 0 Å². The Morgan fingerprint density at radius 1 is 1.29 bits per heavy atom. The molecule has 166 valence electrons. The van der Waals surface area contributed by atoms with E-state index < -0.39 is 22.3 Å². The Kier molecular flexibility index (Phi) is 8.99. The molecular weight excluding hydrogens is 408 g/mol. The number of allylic oxidation sites excluding steroid dienone is 8. The minimum absolute atomic E-state index is 0.338. The maximum Gasteiger partial charge on any atom is 0.290 e. The van der Waals surface area contributed by atoms with Gasteiger partial charge in [-0.15, -0.1) is 0 Å². The van der Waals surface area contributed by atoms with E-state index >= 15 is 0 Å². The lowest BCUT2D eigenvalue weighted by Crippen LogP contribution is -2.38. The zero-order chi connectivity index (χ0) is 22.9. The van der Waals surface area contributed by atoms with Gasteiger partial charge in [-0.3, -0.25) is 4.18 Å². The van der Waals surface area contributed by atoms with Crippen LogP contribution in [0.1, 0.15) is 37.8 Å². The number of aryl methyl sites for hydroxylation is 1. The molecule has 1 aliphatic rings. The lowest BCUT2D eigenvalue weighted by Gasteiger charge is -2.32. The molecule has 1 aliphatic carbocycles. The Morgan fingerprint density at radius 2 is 2.03 bits per heavy atom. The van der Waals surface area contributed by atoms with Crippen LogP contribution in [0.15, 0.2) is 90.4 Å². The van der Waals surface area contributed by atoms with Crippen molar-refractivity contribution in [1.29, 1.82) is 0 Å². The van der Waals surface area contributed by atoms with E-state index in [1.54, 1.807) is 18.2 Å². The Hall–Kier alpha value is -2.47. The number of hydrogen-bond donors (Lipinski definition) is 1. The molecule has 0 bridgehead atoms. The number of rotatable bonds is 9. The molecule has 1 aromatic carbocycles. The Bertz CT molecular complexity index is 1030. The molecule has 4 nitrogen and oxygen atoms in total. The summed E-state index contributed by atoms with van der Waals surface area (Å²) in [6.45, 7) is 9.61. The molecule has 0 amide bonds. The van der Waals surface area contributed by atoms with Crippen LogP contribution in [0.25, 0.3) is 5.57 Å². The van der Waals surface area contributed by atoms with Crippen LogP contribution in [0, 0.1) is 12.8 Å². The molecular formula is C26H32O4S. The second kappa shape index (κ2) is 11.2. The van der Waals surface area contributed by atoms with Crippen molar-refractivity contribution in [3.05, 3.63) is 102 Å². The van der Waals surface area contributed by atoms with Crippen molar-refractivity contribution in [1.82, 2.24) is 0 Å². The molecule has 31 heavy (non-hydrogen) atoms. The third-order valence-electron chi connectivity index (χ3n) is 5.14. The van der Waals surface area contributed by atoms with Gasteiger partial charge in [-0.2, -0.15) is 8.42 Å². The molecule has 1 N–H and O–H groups in total. The monoisotopic (exact) mass is 440 g/mol. The fraction of sp³-hybridized carbons (Fsp3) is 0.308. The molecule has 1 aromatic rings. The first kappa shape index (κ1) is 24.8. The summed E-state index contributed by atoms with van der Waals surface area (Å²) in [7, 11) is -3.99. The molecule has 2 unspecified atom stereocenters. The maximum atomic E-state index is 12.4. The van der Waals surface area contributed by atoms with Crippen LogP contribution in [0.3, 0.4) is 0 Å². The second-order valence-corrected chi connectivity index (χ2v) is 9.27. The van der Waals surface area contributed by atoms with E-state index in [0.29, 0.717) is 23.5 Å². The minimum atomic E-state index is -3.99. The van der Waals surface area contributed by atoms with Crippen LogP contribution < -0.4 is 0 Å². The van der Waals surface area contributed by atoms with Crippen LogP contribution in [0.4, 0.5) is 0 Å². The number of benzene rings is 1. The van der Waals surface area contributed by atoms with E-state index in [-0.39, 0.29) is 0 Å². The predicted molar refractivity (Wildman–Crippen MR) is 129 cm³/mol. The first-order valence-corrected chi connectivity index (χ1v) is 11.9. The molecule has 2 rings (SSSR count). The van der Waals surface area contributed by atoms with Crippen LogP contribution in [-0.4, -0.2) is 25.7 Å². The quantitative estimate of drug-likeness (QED) is 0.306. The molecule has 0 aliphatic heterocycles. The Morgan fingerprint density at radius 3 is 2.74 bits per heavy atom. The third-order valence-corrected chi connectivity index (χ3v) is 6.08.